The van der Waals surface area contributed by atoms with Gasteiger partial charge in [0.1, 0.15) is 5.76 Å². The fraction of sp³-hybridized carbons (Fsp3) is 0.286. The van der Waals surface area contributed by atoms with Crippen LogP contribution >= 0.6 is 0 Å². The second kappa shape index (κ2) is 7.18. The minimum absolute atomic E-state index is 0.0438. The van der Waals surface area contributed by atoms with E-state index in [9.17, 15) is 14.7 Å². The number of hydrogen-bond acceptors (Lipinski definition) is 6. The summed E-state index contributed by atoms with van der Waals surface area (Å²) in [6, 6.07) is 6.27. The van der Waals surface area contributed by atoms with Crippen LogP contribution in [0.15, 0.2) is 35.7 Å². The first-order chi connectivity index (χ1) is 9.49. The molecule has 6 heteroatoms. The molecule has 0 aliphatic heterocycles. The molecule has 0 atom stereocenters. The van der Waals surface area contributed by atoms with Gasteiger partial charge in [-0.1, -0.05) is 0 Å². The molecule has 0 aromatic heterocycles. The fourth-order valence-corrected chi connectivity index (χ4v) is 1.44. The summed E-state index contributed by atoms with van der Waals surface area (Å²) < 4.78 is 9.41. The largest absolute Gasteiger partial charge is 0.510 e. The SMILES string of the molecule is CCOC(=O)/C(Nc1ccc(C(=O)OC)cc1)=C(\C)O. The standard InChI is InChI=1S/C14H17NO5/c1-4-20-14(18)12(9(2)16)15-11-7-5-10(6-8-11)13(17)19-3/h5-8,15-16H,4H2,1-3H3/b12-9-. The van der Waals surface area contributed by atoms with Crippen LogP contribution in [-0.4, -0.2) is 30.8 Å². The monoisotopic (exact) mass is 279 g/mol. The lowest BCUT2D eigenvalue weighted by Crippen LogP contribution is -2.16. The van der Waals surface area contributed by atoms with E-state index in [-0.39, 0.29) is 18.1 Å². The number of ether oxygens (including phenoxy) is 2. The fourth-order valence-electron chi connectivity index (χ4n) is 1.44. The number of aliphatic hydroxyl groups excluding tert-OH is 1. The highest BCUT2D eigenvalue weighted by molar-refractivity contribution is 5.93. The maximum Gasteiger partial charge on any atom is 0.358 e. The van der Waals surface area contributed by atoms with Crippen molar-refractivity contribution in [3.63, 3.8) is 0 Å². The molecule has 0 radical (unpaired) electrons. The molecule has 0 aliphatic carbocycles. The Kier molecular flexibility index (Phi) is 5.58. The van der Waals surface area contributed by atoms with Gasteiger partial charge in [0.25, 0.3) is 0 Å². The van der Waals surface area contributed by atoms with Crippen LogP contribution in [0, 0.1) is 0 Å². The van der Waals surface area contributed by atoms with Gasteiger partial charge in [0.15, 0.2) is 5.70 Å². The van der Waals surface area contributed by atoms with Crippen LogP contribution < -0.4 is 5.32 Å². The topological polar surface area (TPSA) is 84.9 Å². The van der Waals surface area contributed by atoms with Crippen LogP contribution in [-0.2, 0) is 14.3 Å². The van der Waals surface area contributed by atoms with Gasteiger partial charge in [-0.05, 0) is 38.1 Å². The third-order valence-corrected chi connectivity index (χ3v) is 2.42. The number of esters is 2. The van der Waals surface area contributed by atoms with Crippen molar-refractivity contribution < 1.29 is 24.2 Å². The summed E-state index contributed by atoms with van der Waals surface area (Å²) in [6.45, 7) is 3.26. The molecular weight excluding hydrogens is 262 g/mol. The predicted octanol–water partition coefficient (Wildman–Crippen LogP) is 2.24. The average Bonchev–Trinajstić information content (AvgIpc) is 2.44. The van der Waals surface area contributed by atoms with Gasteiger partial charge in [0, 0.05) is 5.69 Å². The van der Waals surface area contributed by atoms with Gasteiger partial charge in [-0.25, -0.2) is 9.59 Å². The number of nitrogens with one attached hydrogen (secondary N) is 1. The highest BCUT2D eigenvalue weighted by atomic mass is 16.5. The van der Waals surface area contributed by atoms with E-state index in [0.717, 1.165) is 0 Å². The van der Waals surface area contributed by atoms with E-state index in [1.807, 2.05) is 0 Å². The van der Waals surface area contributed by atoms with E-state index in [4.69, 9.17) is 4.74 Å². The number of rotatable bonds is 5. The van der Waals surface area contributed by atoms with E-state index in [0.29, 0.717) is 11.3 Å². The van der Waals surface area contributed by atoms with Crippen molar-refractivity contribution in [1.29, 1.82) is 0 Å². The maximum atomic E-state index is 11.6. The van der Waals surface area contributed by atoms with Gasteiger partial charge in [-0.2, -0.15) is 0 Å². The molecule has 20 heavy (non-hydrogen) atoms. The molecule has 0 fully saturated rings. The van der Waals surface area contributed by atoms with E-state index < -0.39 is 11.9 Å². The Labute approximate surface area is 117 Å². The van der Waals surface area contributed by atoms with Crippen LogP contribution in [0.5, 0.6) is 0 Å². The lowest BCUT2D eigenvalue weighted by molar-refractivity contribution is -0.138. The summed E-state index contributed by atoms with van der Waals surface area (Å²) in [4.78, 5) is 22.9. The second-order valence-corrected chi connectivity index (χ2v) is 3.87. The first-order valence-electron chi connectivity index (χ1n) is 6.02. The van der Waals surface area contributed by atoms with Crippen molar-refractivity contribution in [2.45, 2.75) is 13.8 Å². The quantitative estimate of drug-likeness (QED) is 0.488. The molecule has 108 valence electrons. The minimum Gasteiger partial charge on any atom is -0.510 e. The third-order valence-electron chi connectivity index (χ3n) is 2.42. The van der Waals surface area contributed by atoms with Crippen molar-refractivity contribution in [3.05, 3.63) is 41.3 Å². The van der Waals surface area contributed by atoms with Crippen LogP contribution in [0.25, 0.3) is 0 Å². The number of anilines is 1. The van der Waals surface area contributed by atoms with Crippen LogP contribution in [0.4, 0.5) is 5.69 Å². The Morgan fingerprint density at radius 1 is 1.25 bits per heavy atom. The van der Waals surface area contributed by atoms with Crippen molar-refractivity contribution in [3.8, 4) is 0 Å². The molecular formula is C14H17NO5. The second-order valence-electron chi connectivity index (χ2n) is 3.87. The lowest BCUT2D eigenvalue weighted by atomic mass is 10.2. The molecule has 0 saturated heterocycles. The molecule has 1 rings (SSSR count). The molecule has 1 aromatic rings. The Morgan fingerprint density at radius 2 is 1.85 bits per heavy atom. The highest BCUT2D eigenvalue weighted by Crippen LogP contribution is 2.15. The zero-order valence-corrected chi connectivity index (χ0v) is 11.6. The number of carbonyl (C=O) groups is 2. The van der Waals surface area contributed by atoms with Gasteiger partial charge in [0.2, 0.25) is 0 Å². The van der Waals surface area contributed by atoms with E-state index in [1.54, 1.807) is 31.2 Å². The molecule has 0 aliphatic rings. The molecule has 1 aromatic carbocycles. The Hall–Kier alpha value is -2.50. The van der Waals surface area contributed by atoms with Gasteiger partial charge >= 0.3 is 11.9 Å². The zero-order chi connectivity index (χ0) is 15.1. The smallest absolute Gasteiger partial charge is 0.358 e. The summed E-state index contributed by atoms with van der Waals surface area (Å²) in [7, 11) is 1.30. The van der Waals surface area contributed by atoms with Crippen molar-refractivity contribution in [2.24, 2.45) is 0 Å². The Morgan fingerprint density at radius 3 is 2.30 bits per heavy atom. The number of benzene rings is 1. The van der Waals surface area contributed by atoms with Gasteiger partial charge in [-0.15, -0.1) is 0 Å². The van der Waals surface area contributed by atoms with E-state index >= 15 is 0 Å². The van der Waals surface area contributed by atoms with Crippen LogP contribution in [0.3, 0.4) is 0 Å². The highest BCUT2D eigenvalue weighted by Gasteiger charge is 2.15. The van der Waals surface area contributed by atoms with E-state index in [1.165, 1.54) is 14.0 Å². The lowest BCUT2D eigenvalue weighted by Gasteiger charge is -2.11. The zero-order valence-electron chi connectivity index (χ0n) is 11.6. The number of carbonyl (C=O) groups excluding carboxylic acids is 2. The summed E-state index contributed by atoms with van der Waals surface area (Å²) in [5.74, 6) is -1.28. The molecule has 0 saturated carbocycles. The molecule has 6 nitrogen and oxygen atoms in total. The molecule has 0 spiro atoms. The van der Waals surface area contributed by atoms with Crippen molar-refractivity contribution in [2.75, 3.05) is 19.0 Å². The predicted molar refractivity (Wildman–Crippen MR) is 73.4 cm³/mol. The molecule has 0 amide bonds. The minimum atomic E-state index is -0.649. The summed E-state index contributed by atoms with van der Waals surface area (Å²) in [5.41, 5.74) is 0.882. The van der Waals surface area contributed by atoms with Crippen LogP contribution in [0.2, 0.25) is 0 Å². The van der Waals surface area contributed by atoms with Crippen LogP contribution in [0.1, 0.15) is 24.2 Å². The summed E-state index contributed by atoms with van der Waals surface area (Å²) in [5, 5.41) is 12.2. The van der Waals surface area contributed by atoms with Crippen molar-refractivity contribution >= 4 is 17.6 Å². The van der Waals surface area contributed by atoms with Gasteiger partial charge in [-0.3, -0.25) is 0 Å². The van der Waals surface area contributed by atoms with Gasteiger partial charge < -0.3 is 19.9 Å². The molecule has 0 unspecified atom stereocenters. The number of hydrogen-bond donors (Lipinski definition) is 2. The first kappa shape index (κ1) is 15.6. The number of methoxy groups -OCH3 is 1. The van der Waals surface area contributed by atoms with Gasteiger partial charge in [0.05, 0.1) is 19.3 Å². The number of allylic oxidation sites excluding steroid dienone is 1. The summed E-state index contributed by atoms with van der Waals surface area (Å²) >= 11 is 0. The third kappa shape index (κ3) is 4.01. The Balaban J connectivity index is 2.88. The molecule has 2 N–H and O–H groups in total. The average molecular weight is 279 g/mol. The molecule has 0 bridgehead atoms. The Bertz CT molecular complexity index is 515. The van der Waals surface area contributed by atoms with E-state index in [2.05, 4.69) is 10.1 Å². The maximum absolute atomic E-state index is 11.6. The summed E-state index contributed by atoms with van der Waals surface area (Å²) in [6.07, 6.45) is 0. The number of aliphatic hydroxyl groups is 1. The van der Waals surface area contributed by atoms with Crippen molar-refractivity contribution in [1.82, 2.24) is 0 Å². The first-order valence-corrected chi connectivity index (χ1v) is 6.02. The normalized spacial score (nSPS) is 11.3. The molecule has 0 heterocycles.